The van der Waals surface area contributed by atoms with Gasteiger partial charge in [-0.05, 0) is 25.0 Å². The maximum absolute atomic E-state index is 13.5. The molecular weight excluding hydrogens is 261 g/mol. The van der Waals surface area contributed by atoms with E-state index in [9.17, 15) is 4.39 Å². The van der Waals surface area contributed by atoms with Crippen LogP contribution in [-0.2, 0) is 5.75 Å². The first-order valence-corrected chi connectivity index (χ1v) is 7.21. The van der Waals surface area contributed by atoms with Gasteiger partial charge in [-0.25, -0.2) is 14.4 Å². The van der Waals surface area contributed by atoms with Crippen LogP contribution in [0, 0.1) is 5.82 Å². The lowest BCUT2D eigenvalue weighted by Gasteiger charge is -2.05. The summed E-state index contributed by atoms with van der Waals surface area (Å²) in [5.41, 5.74) is 6.81. The molecule has 3 nitrogen and oxygen atoms in total. The molecule has 19 heavy (non-hydrogen) atoms. The minimum Gasteiger partial charge on any atom is -0.384 e. The largest absolute Gasteiger partial charge is 0.384 e. The quantitative estimate of drug-likeness (QED) is 0.869. The molecule has 0 aliphatic heterocycles. The van der Waals surface area contributed by atoms with Gasteiger partial charge in [-0.3, -0.25) is 0 Å². The Kier molecular flexibility index (Phi) is 3.38. The lowest BCUT2D eigenvalue weighted by Crippen LogP contribution is -2.01. The van der Waals surface area contributed by atoms with Crippen LogP contribution in [0.25, 0.3) is 0 Å². The van der Waals surface area contributed by atoms with Gasteiger partial charge >= 0.3 is 0 Å². The van der Waals surface area contributed by atoms with E-state index in [1.54, 1.807) is 12.1 Å². The lowest BCUT2D eigenvalue weighted by atomic mass is 10.3. The van der Waals surface area contributed by atoms with Gasteiger partial charge in [0.15, 0.2) is 0 Å². The number of halogens is 1. The Labute approximate surface area is 115 Å². The van der Waals surface area contributed by atoms with Crippen molar-refractivity contribution in [2.75, 3.05) is 5.73 Å². The highest BCUT2D eigenvalue weighted by atomic mass is 32.2. The van der Waals surface area contributed by atoms with Crippen LogP contribution in [0.2, 0.25) is 0 Å². The molecule has 0 spiro atoms. The van der Waals surface area contributed by atoms with E-state index in [0.29, 0.717) is 28.2 Å². The standard InChI is InChI=1S/C14H14FN3S/c15-10-3-1-2-4-12(10)19-8-14-17-11(9-5-6-9)7-13(16)18-14/h1-4,7,9H,5-6,8H2,(H2,16,17,18). The molecule has 2 aromatic rings. The minimum atomic E-state index is -0.209. The van der Waals surface area contributed by atoms with Crippen molar-refractivity contribution in [2.24, 2.45) is 0 Å². The molecule has 0 saturated heterocycles. The predicted octanol–water partition coefficient (Wildman–Crippen LogP) is 3.37. The second-order valence-corrected chi connectivity index (χ2v) is 5.64. The summed E-state index contributed by atoms with van der Waals surface area (Å²) in [7, 11) is 0. The number of hydrogen-bond acceptors (Lipinski definition) is 4. The molecule has 0 radical (unpaired) electrons. The van der Waals surface area contributed by atoms with Crippen molar-refractivity contribution in [3.8, 4) is 0 Å². The van der Waals surface area contributed by atoms with E-state index < -0.39 is 0 Å². The van der Waals surface area contributed by atoms with Crippen LogP contribution < -0.4 is 5.73 Å². The Morgan fingerprint density at radius 3 is 2.79 bits per heavy atom. The van der Waals surface area contributed by atoms with Crippen LogP contribution in [0.15, 0.2) is 35.2 Å². The molecule has 3 rings (SSSR count). The van der Waals surface area contributed by atoms with Crippen molar-refractivity contribution in [1.82, 2.24) is 9.97 Å². The summed E-state index contributed by atoms with van der Waals surface area (Å²) in [4.78, 5) is 9.33. The number of nitrogen functional groups attached to an aromatic ring is 1. The third-order valence-electron chi connectivity index (χ3n) is 3.00. The second kappa shape index (κ2) is 5.17. The van der Waals surface area contributed by atoms with Crippen LogP contribution in [0.3, 0.4) is 0 Å². The highest BCUT2D eigenvalue weighted by Gasteiger charge is 2.25. The Bertz CT molecular complexity index is 599. The van der Waals surface area contributed by atoms with Crippen molar-refractivity contribution in [1.29, 1.82) is 0 Å². The number of rotatable bonds is 4. The number of anilines is 1. The van der Waals surface area contributed by atoms with Gasteiger partial charge < -0.3 is 5.73 Å². The highest BCUT2D eigenvalue weighted by Crippen LogP contribution is 2.39. The fourth-order valence-electron chi connectivity index (χ4n) is 1.90. The average Bonchev–Trinajstić information content (AvgIpc) is 3.21. The molecule has 1 aliphatic carbocycles. The van der Waals surface area contributed by atoms with Crippen LogP contribution in [0.1, 0.15) is 30.3 Å². The first-order valence-electron chi connectivity index (χ1n) is 6.23. The topological polar surface area (TPSA) is 51.8 Å². The number of aromatic nitrogens is 2. The summed E-state index contributed by atoms with van der Waals surface area (Å²) in [5.74, 6) is 2.05. The fourth-order valence-corrected chi connectivity index (χ4v) is 2.69. The van der Waals surface area contributed by atoms with Gasteiger partial charge in [0.25, 0.3) is 0 Å². The molecule has 0 unspecified atom stereocenters. The highest BCUT2D eigenvalue weighted by molar-refractivity contribution is 7.98. The van der Waals surface area contributed by atoms with Crippen LogP contribution in [0.5, 0.6) is 0 Å². The summed E-state index contributed by atoms with van der Waals surface area (Å²) in [6.07, 6.45) is 2.35. The molecule has 1 heterocycles. The Morgan fingerprint density at radius 2 is 2.05 bits per heavy atom. The molecule has 2 N–H and O–H groups in total. The SMILES string of the molecule is Nc1cc(C2CC2)nc(CSc2ccccc2F)n1. The van der Waals surface area contributed by atoms with E-state index >= 15 is 0 Å². The summed E-state index contributed by atoms with van der Waals surface area (Å²) in [6, 6.07) is 8.56. The Hall–Kier alpha value is -1.62. The second-order valence-electron chi connectivity index (χ2n) is 4.63. The van der Waals surface area contributed by atoms with Gasteiger partial charge in [0, 0.05) is 22.6 Å². The summed E-state index contributed by atoms with van der Waals surface area (Å²) in [6.45, 7) is 0. The Balaban J connectivity index is 1.74. The molecule has 1 aromatic carbocycles. The predicted molar refractivity (Wildman–Crippen MR) is 74.4 cm³/mol. The molecule has 98 valence electrons. The maximum Gasteiger partial charge on any atom is 0.141 e. The third-order valence-corrected chi connectivity index (χ3v) is 4.05. The fraction of sp³-hybridized carbons (Fsp3) is 0.286. The van der Waals surface area contributed by atoms with Crippen molar-refractivity contribution >= 4 is 17.6 Å². The number of benzene rings is 1. The molecule has 0 bridgehead atoms. The smallest absolute Gasteiger partial charge is 0.141 e. The van der Waals surface area contributed by atoms with E-state index in [-0.39, 0.29) is 5.82 Å². The first kappa shape index (κ1) is 12.4. The number of thioether (sulfide) groups is 1. The van der Waals surface area contributed by atoms with Gasteiger partial charge in [0.1, 0.15) is 17.5 Å². The van der Waals surface area contributed by atoms with Gasteiger partial charge in [-0.1, -0.05) is 12.1 Å². The molecule has 1 fully saturated rings. The number of hydrogen-bond donors (Lipinski definition) is 1. The zero-order valence-electron chi connectivity index (χ0n) is 10.3. The lowest BCUT2D eigenvalue weighted by molar-refractivity contribution is 0.602. The van der Waals surface area contributed by atoms with Crippen molar-refractivity contribution in [3.63, 3.8) is 0 Å². The summed E-state index contributed by atoms with van der Waals surface area (Å²) >= 11 is 1.39. The van der Waals surface area contributed by atoms with Gasteiger partial charge in [0.05, 0.1) is 5.75 Å². The van der Waals surface area contributed by atoms with Crippen molar-refractivity contribution < 1.29 is 4.39 Å². The van der Waals surface area contributed by atoms with Gasteiger partial charge in [0.2, 0.25) is 0 Å². The van der Waals surface area contributed by atoms with Crippen LogP contribution >= 0.6 is 11.8 Å². The molecular formula is C14H14FN3S. The monoisotopic (exact) mass is 275 g/mol. The molecule has 1 aromatic heterocycles. The molecule has 5 heteroatoms. The maximum atomic E-state index is 13.5. The summed E-state index contributed by atoms with van der Waals surface area (Å²) < 4.78 is 13.5. The van der Waals surface area contributed by atoms with E-state index in [4.69, 9.17) is 5.73 Å². The van der Waals surface area contributed by atoms with E-state index in [2.05, 4.69) is 9.97 Å². The van der Waals surface area contributed by atoms with Crippen molar-refractivity contribution in [3.05, 3.63) is 47.7 Å². The molecule has 1 saturated carbocycles. The Morgan fingerprint density at radius 1 is 1.26 bits per heavy atom. The molecule has 0 atom stereocenters. The van der Waals surface area contributed by atoms with Crippen LogP contribution in [-0.4, -0.2) is 9.97 Å². The zero-order valence-corrected chi connectivity index (χ0v) is 11.2. The van der Waals surface area contributed by atoms with E-state index in [1.807, 2.05) is 12.1 Å². The van der Waals surface area contributed by atoms with Crippen LogP contribution in [0.4, 0.5) is 10.2 Å². The summed E-state index contributed by atoms with van der Waals surface area (Å²) in [5, 5.41) is 0. The van der Waals surface area contributed by atoms with Gasteiger partial charge in [-0.2, -0.15) is 0 Å². The van der Waals surface area contributed by atoms with E-state index in [1.165, 1.54) is 30.7 Å². The number of nitrogens with zero attached hydrogens (tertiary/aromatic N) is 2. The first-order chi connectivity index (χ1) is 9.22. The normalized spacial score (nSPS) is 14.6. The third kappa shape index (κ3) is 3.04. The minimum absolute atomic E-state index is 0.209. The van der Waals surface area contributed by atoms with Gasteiger partial charge in [-0.15, -0.1) is 11.8 Å². The molecule has 1 aliphatic rings. The van der Waals surface area contributed by atoms with Crippen molar-refractivity contribution in [2.45, 2.75) is 29.4 Å². The van der Waals surface area contributed by atoms with E-state index in [0.717, 1.165) is 5.69 Å². The average molecular weight is 275 g/mol. The zero-order chi connectivity index (χ0) is 13.2. The molecule has 0 amide bonds. The number of nitrogens with two attached hydrogens (primary N) is 1.